The van der Waals surface area contributed by atoms with E-state index in [1.807, 2.05) is 20.8 Å². The normalized spacial score (nSPS) is 12.3. The number of rotatable bonds is 7. The summed E-state index contributed by atoms with van der Waals surface area (Å²) in [5, 5.41) is 5.86. The summed E-state index contributed by atoms with van der Waals surface area (Å²) in [7, 11) is 1.59. The Hall–Kier alpha value is -1.89. The van der Waals surface area contributed by atoms with Gasteiger partial charge in [0, 0.05) is 25.1 Å². The molecule has 0 saturated carbocycles. The largest absolute Gasteiger partial charge is 0.383 e. The molecule has 118 valence electrons. The zero-order valence-electron chi connectivity index (χ0n) is 13.4. The highest BCUT2D eigenvalue weighted by Crippen LogP contribution is 2.21. The van der Waals surface area contributed by atoms with E-state index in [-0.39, 0.29) is 11.8 Å². The molecule has 0 spiro atoms. The maximum absolute atomic E-state index is 11.9. The molecule has 0 aromatic carbocycles. The van der Waals surface area contributed by atoms with E-state index in [9.17, 15) is 4.79 Å². The standard InChI is InChI=1S/C14H25N5O2/c1-8(2)12-18-11(15)9(3)13(19-12)17-10(4)14(20)16-6-7-21-5/h8,10H,6-7H2,1-5H3,(H,16,20)(H3,15,17,18,19). The summed E-state index contributed by atoms with van der Waals surface area (Å²) in [6.07, 6.45) is 0. The fraction of sp³-hybridized carbons (Fsp3) is 0.643. The number of nitrogens with one attached hydrogen (secondary N) is 2. The van der Waals surface area contributed by atoms with E-state index in [0.717, 1.165) is 5.56 Å². The van der Waals surface area contributed by atoms with Crippen molar-refractivity contribution in [2.45, 2.75) is 39.7 Å². The lowest BCUT2D eigenvalue weighted by Crippen LogP contribution is -2.39. The monoisotopic (exact) mass is 295 g/mol. The molecule has 0 aliphatic heterocycles. The SMILES string of the molecule is COCCNC(=O)C(C)Nc1nc(C(C)C)nc(N)c1C. The second kappa shape index (κ2) is 7.78. The smallest absolute Gasteiger partial charge is 0.242 e. The van der Waals surface area contributed by atoms with Crippen LogP contribution in [0.2, 0.25) is 0 Å². The van der Waals surface area contributed by atoms with Crippen molar-refractivity contribution in [1.82, 2.24) is 15.3 Å². The van der Waals surface area contributed by atoms with Crippen LogP contribution in [-0.2, 0) is 9.53 Å². The Bertz CT molecular complexity index is 490. The van der Waals surface area contributed by atoms with Crippen LogP contribution in [0.25, 0.3) is 0 Å². The average Bonchev–Trinajstić information content (AvgIpc) is 2.43. The van der Waals surface area contributed by atoms with Crippen molar-refractivity contribution in [2.24, 2.45) is 0 Å². The zero-order valence-corrected chi connectivity index (χ0v) is 13.4. The molecule has 7 nitrogen and oxygen atoms in total. The van der Waals surface area contributed by atoms with Gasteiger partial charge in [0.25, 0.3) is 0 Å². The Morgan fingerprint density at radius 1 is 1.33 bits per heavy atom. The minimum atomic E-state index is -0.421. The van der Waals surface area contributed by atoms with Gasteiger partial charge in [0.05, 0.1) is 6.61 Å². The number of ether oxygens (including phenoxy) is 1. The van der Waals surface area contributed by atoms with Crippen LogP contribution >= 0.6 is 0 Å². The van der Waals surface area contributed by atoms with Crippen LogP contribution in [0.3, 0.4) is 0 Å². The van der Waals surface area contributed by atoms with Gasteiger partial charge in [-0.1, -0.05) is 13.8 Å². The number of anilines is 2. The molecular formula is C14H25N5O2. The van der Waals surface area contributed by atoms with Crippen LogP contribution in [0.15, 0.2) is 0 Å². The van der Waals surface area contributed by atoms with Crippen LogP contribution in [0, 0.1) is 6.92 Å². The molecule has 4 N–H and O–H groups in total. The molecule has 21 heavy (non-hydrogen) atoms. The van der Waals surface area contributed by atoms with E-state index in [0.29, 0.717) is 30.6 Å². The van der Waals surface area contributed by atoms with E-state index in [2.05, 4.69) is 20.6 Å². The molecule has 0 saturated heterocycles. The minimum Gasteiger partial charge on any atom is -0.383 e. The number of hydrogen-bond acceptors (Lipinski definition) is 6. The first-order valence-corrected chi connectivity index (χ1v) is 7.04. The Kier molecular flexibility index (Phi) is 6.36. The molecule has 1 atom stereocenters. The van der Waals surface area contributed by atoms with Crippen LogP contribution < -0.4 is 16.4 Å². The highest BCUT2D eigenvalue weighted by Gasteiger charge is 2.17. The molecule has 0 bridgehead atoms. The summed E-state index contributed by atoms with van der Waals surface area (Å²) in [5.74, 6) is 1.74. The number of aromatic nitrogens is 2. The topological polar surface area (TPSA) is 102 Å². The first-order valence-electron chi connectivity index (χ1n) is 7.04. The van der Waals surface area contributed by atoms with Crippen molar-refractivity contribution in [1.29, 1.82) is 0 Å². The molecule has 1 aromatic rings. The Labute approximate surface area is 125 Å². The molecule has 1 unspecified atom stereocenters. The van der Waals surface area contributed by atoms with Gasteiger partial charge in [-0.25, -0.2) is 9.97 Å². The van der Waals surface area contributed by atoms with Crippen molar-refractivity contribution >= 4 is 17.5 Å². The summed E-state index contributed by atoms with van der Waals surface area (Å²) >= 11 is 0. The molecule has 1 heterocycles. The van der Waals surface area contributed by atoms with Gasteiger partial charge in [-0.2, -0.15) is 0 Å². The van der Waals surface area contributed by atoms with Gasteiger partial charge in [-0.05, 0) is 13.8 Å². The van der Waals surface area contributed by atoms with E-state index in [1.165, 1.54) is 0 Å². The van der Waals surface area contributed by atoms with E-state index in [4.69, 9.17) is 10.5 Å². The molecule has 1 amide bonds. The second-order valence-electron chi connectivity index (χ2n) is 5.25. The molecule has 0 aliphatic rings. The number of nitrogens with two attached hydrogens (primary N) is 1. The Morgan fingerprint density at radius 2 is 2.00 bits per heavy atom. The molecule has 1 rings (SSSR count). The lowest BCUT2D eigenvalue weighted by molar-refractivity contribution is -0.121. The highest BCUT2D eigenvalue weighted by atomic mass is 16.5. The third-order valence-corrected chi connectivity index (χ3v) is 3.07. The number of nitrogens with zero attached hydrogens (tertiary/aromatic N) is 2. The number of carbonyl (C=O) groups is 1. The van der Waals surface area contributed by atoms with Gasteiger partial charge in [0.15, 0.2) is 0 Å². The van der Waals surface area contributed by atoms with Gasteiger partial charge in [-0.15, -0.1) is 0 Å². The van der Waals surface area contributed by atoms with Crippen LogP contribution in [0.4, 0.5) is 11.6 Å². The Morgan fingerprint density at radius 3 is 2.57 bits per heavy atom. The van der Waals surface area contributed by atoms with Crippen molar-refractivity contribution in [3.05, 3.63) is 11.4 Å². The van der Waals surface area contributed by atoms with Crippen LogP contribution in [-0.4, -0.2) is 42.2 Å². The lowest BCUT2D eigenvalue weighted by atomic mass is 10.2. The third kappa shape index (κ3) is 4.86. The molecule has 0 fully saturated rings. The first-order chi connectivity index (χ1) is 9.86. The minimum absolute atomic E-state index is 0.116. The lowest BCUT2D eigenvalue weighted by Gasteiger charge is -2.18. The highest BCUT2D eigenvalue weighted by molar-refractivity contribution is 5.84. The number of hydrogen-bond donors (Lipinski definition) is 3. The number of carbonyl (C=O) groups excluding carboxylic acids is 1. The fourth-order valence-corrected chi connectivity index (χ4v) is 1.65. The number of nitrogen functional groups attached to an aromatic ring is 1. The molecule has 7 heteroatoms. The van der Waals surface area contributed by atoms with Crippen molar-refractivity contribution in [3.8, 4) is 0 Å². The maximum atomic E-state index is 11.9. The van der Waals surface area contributed by atoms with E-state index < -0.39 is 6.04 Å². The summed E-state index contributed by atoms with van der Waals surface area (Å²) < 4.78 is 4.89. The van der Waals surface area contributed by atoms with Crippen molar-refractivity contribution < 1.29 is 9.53 Å². The first kappa shape index (κ1) is 17.2. The van der Waals surface area contributed by atoms with Crippen LogP contribution in [0.5, 0.6) is 0 Å². The van der Waals surface area contributed by atoms with E-state index >= 15 is 0 Å². The predicted octanol–water partition coefficient (Wildman–Crippen LogP) is 1.05. The average molecular weight is 295 g/mol. The van der Waals surface area contributed by atoms with Gasteiger partial charge >= 0.3 is 0 Å². The maximum Gasteiger partial charge on any atom is 0.242 e. The molecular weight excluding hydrogens is 270 g/mol. The second-order valence-corrected chi connectivity index (χ2v) is 5.25. The molecule has 0 aliphatic carbocycles. The van der Waals surface area contributed by atoms with Gasteiger partial charge in [0.2, 0.25) is 5.91 Å². The molecule has 1 aromatic heterocycles. The van der Waals surface area contributed by atoms with Crippen molar-refractivity contribution in [2.75, 3.05) is 31.3 Å². The fourth-order valence-electron chi connectivity index (χ4n) is 1.65. The number of methoxy groups -OCH3 is 1. The van der Waals surface area contributed by atoms with Gasteiger partial charge < -0.3 is 21.1 Å². The summed E-state index contributed by atoms with van der Waals surface area (Å²) in [5.41, 5.74) is 6.65. The number of amides is 1. The van der Waals surface area contributed by atoms with E-state index in [1.54, 1.807) is 14.0 Å². The summed E-state index contributed by atoms with van der Waals surface area (Å²) in [6, 6.07) is -0.421. The third-order valence-electron chi connectivity index (χ3n) is 3.07. The summed E-state index contributed by atoms with van der Waals surface area (Å²) in [6.45, 7) is 8.55. The van der Waals surface area contributed by atoms with Crippen LogP contribution in [0.1, 0.15) is 38.1 Å². The van der Waals surface area contributed by atoms with Gasteiger partial charge in [-0.3, -0.25) is 4.79 Å². The van der Waals surface area contributed by atoms with Gasteiger partial charge in [0.1, 0.15) is 23.5 Å². The Balaban J connectivity index is 2.79. The predicted molar refractivity (Wildman–Crippen MR) is 83.2 cm³/mol. The van der Waals surface area contributed by atoms with Crippen molar-refractivity contribution in [3.63, 3.8) is 0 Å². The quantitative estimate of drug-likeness (QED) is 0.650. The molecule has 0 radical (unpaired) electrons. The zero-order chi connectivity index (χ0) is 16.0. The summed E-state index contributed by atoms with van der Waals surface area (Å²) in [4.78, 5) is 20.6.